The van der Waals surface area contributed by atoms with Gasteiger partial charge in [-0.2, -0.15) is 5.10 Å². The number of hydrogen-bond acceptors (Lipinski definition) is 4. The van der Waals surface area contributed by atoms with Crippen LogP contribution in [0.4, 0.5) is 10.1 Å². The van der Waals surface area contributed by atoms with E-state index in [1.165, 1.54) is 37.1 Å². The van der Waals surface area contributed by atoms with Gasteiger partial charge in [-0.1, -0.05) is 12.1 Å². The van der Waals surface area contributed by atoms with Gasteiger partial charge in [0.15, 0.2) is 5.82 Å². The first-order valence-electron chi connectivity index (χ1n) is 10.4. The number of carbonyl (C=O) groups is 1. The van der Waals surface area contributed by atoms with E-state index in [0.29, 0.717) is 17.1 Å². The lowest BCUT2D eigenvalue weighted by molar-refractivity contribution is 0.102. The van der Waals surface area contributed by atoms with E-state index in [2.05, 4.69) is 10.4 Å². The summed E-state index contributed by atoms with van der Waals surface area (Å²) in [6.07, 6.45) is 4.81. The number of amides is 1. The highest BCUT2D eigenvalue weighted by Gasteiger charge is 2.24. The fraction of sp³-hybridized carbons (Fsp3) is 0.167. The molecule has 0 saturated heterocycles. The molecule has 0 unspecified atom stereocenters. The summed E-state index contributed by atoms with van der Waals surface area (Å²) in [5.41, 5.74) is 2.19. The van der Waals surface area contributed by atoms with Crippen molar-refractivity contribution in [2.24, 2.45) is 0 Å². The zero-order valence-corrected chi connectivity index (χ0v) is 20.0. The van der Waals surface area contributed by atoms with Gasteiger partial charge in [0.2, 0.25) is 10.0 Å². The van der Waals surface area contributed by atoms with E-state index < -0.39 is 21.7 Å². The second-order valence-electron chi connectivity index (χ2n) is 7.99. The van der Waals surface area contributed by atoms with Gasteiger partial charge >= 0.3 is 0 Å². The molecule has 1 N–H and O–H groups in total. The molecule has 0 saturated carbocycles. The van der Waals surface area contributed by atoms with E-state index >= 15 is 0 Å². The molecule has 10 heteroatoms. The molecule has 0 fully saturated rings. The third kappa shape index (κ3) is 4.13. The van der Waals surface area contributed by atoms with E-state index in [1.807, 2.05) is 0 Å². The first kappa shape index (κ1) is 23.4. The molecule has 0 aliphatic rings. The van der Waals surface area contributed by atoms with Crippen molar-refractivity contribution < 1.29 is 17.6 Å². The molecule has 2 heterocycles. The van der Waals surface area contributed by atoms with Crippen molar-refractivity contribution >= 4 is 21.6 Å². The highest BCUT2D eigenvalue weighted by atomic mass is 32.2. The number of para-hydroxylation sites is 1. The van der Waals surface area contributed by atoms with E-state index in [1.54, 1.807) is 67.2 Å². The van der Waals surface area contributed by atoms with Crippen LogP contribution in [0.15, 0.2) is 72.0 Å². The van der Waals surface area contributed by atoms with E-state index in [0.717, 1.165) is 9.87 Å². The molecule has 34 heavy (non-hydrogen) atoms. The molecule has 0 aliphatic heterocycles. The van der Waals surface area contributed by atoms with Crippen LogP contribution in [0.25, 0.3) is 11.5 Å². The summed E-state index contributed by atoms with van der Waals surface area (Å²) in [7, 11) is -0.804. The Labute approximate surface area is 197 Å². The molecule has 0 aliphatic carbocycles. The number of aryl methyl sites for hydroxylation is 1. The fourth-order valence-corrected chi connectivity index (χ4v) is 4.55. The largest absolute Gasteiger partial charge is 0.322 e. The summed E-state index contributed by atoms with van der Waals surface area (Å²) in [5.74, 6) is -0.647. The topological polar surface area (TPSA) is 89.2 Å². The molecule has 2 aromatic heterocycles. The summed E-state index contributed by atoms with van der Waals surface area (Å²) in [6.45, 7) is 3.58. The highest BCUT2D eigenvalue weighted by Crippen LogP contribution is 2.27. The molecular formula is C24H24FN5O3S. The summed E-state index contributed by atoms with van der Waals surface area (Å²) < 4.78 is 44.0. The Morgan fingerprint density at radius 2 is 1.74 bits per heavy atom. The molecule has 0 spiro atoms. The standard InChI is InChI=1S/C24H24FN5O3S/c1-16-13-18(34(32,33)28(3)4)14-21(17(16)2)27-23(31)19-15-26-30(22-10-6-5-9-20(22)25)24(19)29-11-7-8-12-29/h5-15H,1-4H3,(H,27,31). The van der Waals surface area contributed by atoms with Crippen LogP contribution < -0.4 is 5.32 Å². The Hall–Kier alpha value is -3.76. The second kappa shape index (κ2) is 8.88. The van der Waals surface area contributed by atoms with Crippen LogP contribution in [0, 0.1) is 19.7 Å². The maximum absolute atomic E-state index is 14.5. The van der Waals surface area contributed by atoms with E-state index in [9.17, 15) is 17.6 Å². The summed E-state index contributed by atoms with van der Waals surface area (Å²) >= 11 is 0. The zero-order valence-electron chi connectivity index (χ0n) is 19.2. The predicted octanol–water partition coefficient (Wildman–Crippen LogP) is 3.92. The molecular weight excluding hydrogens is 457 g/mol. The van der Waals surface area contributed by atoms with Crippen LogP contribution >= 0.6 is 0 Å². The number of aromatic nitrogens is 3. The third-order valence-corrected chi connectivity index (χ3v) is 7.38. The van der Waals surface area contributed by atoms with Crippen LogP contribution in [0.1, 0.15) is 21.5 Å². The van der Waals surface area contributed by atoms with E-state index in [-0.39, 0.29) is 16.1 Å². The normalized spacial score (nSPS) is 11.7. The smallest absolute Gasteiger partial charge is 0.261 e. The molecule has 1 amide bonds. The van der Waals surface area contributed by atoms with Crippen LogP contribution in [0.3, 0.4) is 0 Å². The number of sulfonamides is 1. The van der Waals surface area contributed by atoms with Crippen LogP contribution in [0.5, 0.6) is 0 Å². The Bertz CT molecular complexity index is 1470. The minimum atomic E-state index is -3.70. The lowest BCUT2D eigenvalue weighted by Gasteiger charge is -2.17. The van der Waals surface area contributed by atoms with Gasteiger partial charge in [0.25, 0.3) is 5.91 Å². The van der Waals surface area contributed by atoms with Gasteiger partial charge in [-0.05, 0) is 61.4 Å². The van der Waals surface area contributed by atoms with Crippen molar-refractivity contribution in [2.75, 3.05) is 19.4 Å². The SMILES string of the molecule is Cc1cc(S(=O)(=O)N(C)C)cc(NC(=O)c2cnn(-c3ccccc3F)c2-n2cccc2)c1C. The molecule has 2 aromatic carbocycles. The van der Waals surface area contributed by atoms with Gasteiger partial charge in [0.05, 0.1) is 11.1 Å². The maximum Gasteiger partial charge on any atom is 0.261 e. The Morgan fingerprint density at radius 1 is 1.06 bits per heavy atom. The average molecular weight is 482 g/mol. The molecule has 4 rings (SSSR count). The van der Waals surface area contributed by atoms with Gasteiger partial charge in [-0.3, -0.25) is 4.79 Å². The summed E-state index contributed by atoms with van der Waals surface area (Å²) in [6, 6.07) is 12.7. The average Bonchev–Trinajstić information content (AvgIpc) is 3.46. The van der Waals surface area contributed by atoms with Crippen molar-refractivity contribution in [3.05, 3.63) is 89.6 Å². The van der Waals surface area contributed by atoms with Gasteiger partial charge in [-0.25, -0.2) is 21.8 Å². The monoisotopic (exact) mass is 481 g/mol. The molecule has 176 valence electrons. The van der Waals surface area contributed by atoms with Gasteiger partial charge in [0.1, 0.15) is 17.1 Å². The second-order valence-corrected chi connectivity index (χ2v) is 10.1. The number of anilines is 1. The van der Waals surface area contributed by atoms with Crippen molar-refractivity contribution in [2.45, 2.75) is 18.7 Å². The van der Waals surface area contributed by atoms with E-state index in [4.69, 9.17) is 0 Å². The maximum atomic E-state index is 14.5. The number of rotatable bonds is 6. The van der Waals surface area contributed by atoms with Gasteiger partial charge in [-0.15, -0.1) is 0 Å². The lowest BCUT2D eigenvalue weighted by atomic mass is 10.1. The summed E-state index contributed by atoms with van der Waals surface area (Å²) in [5, 5.41) is 7.10. The number of hydrogen-bond donors (Lipinski definition) is 1. The van der Waals surface area contributed by atoms with Crippen molar-refractivity contribution in [1.29, 1.82) is 0 Å². The van der Waals surface area contributed by atoms with Gasteiger partial charge in [0, 0.05) is 32.2 Å². The number of nitrogens with one attached hydrogen (secondary N) is 1. The summed E-state index contributed by atoms with van der Waals surface area (Å²) in [4.78, 5) is 13.5. The number of carbonyl (C=O) groups excluding carboxylic acids is 1. The minimum Gasteiger partial charge on any atom is -0.322 e. The lowest BCUT2D eigenvalue weighted by Crippen LogP contribution is -2.23. The minimum absolute atomic E-state index is 0.0728. The van der Waals surface area contributed by atoms with Crippen LogP contribution in [-0.2, 0) is 10.0 Å². The molecule has 0 atom stereocenters. The molecule has 4 aromatic rings. The first-order chi connectivity index (χ1) is 16.1. The Balaban J connectivity index is 1.80. The van der Waals surface area contributed by atoms with Crippen molar-refractivity contribution in [3.63, 3.8) is 0 Å². The van der Waals surface area contributed by atoms with Gasteiger partial charge < -0.3 is 9.88 Å². The molecule has 8 nitrogen and oxygen atoms in total. The quantitative estimate of drug-likeness (QED) is 0.452. The number of benzene rings is 2. The Morgan fingerprint density at radius 3 is 2.38 bits per heavy atom. The van der Waals surface area contributed by atoms with Crippen molar-refractivity contribution in [1.82, 2.24) is 18.7 Å². The first-order valence-corrected chi connectivity index (χ1v) is 11.9. The fourth-order valence-electron chi connectivity index (χ4n) is 3.53. The number of halogens is 1. The van der Waals surface area contributed by atoms with Crippen molar-refractivity contribution in [3.8, 4) is 11.5 Å². The highest BCUT2D eigenvalue weighted by molar-refractivity contribution is 7.89. The predicted molar refractivity (Wildman–Crippen MR) is 128 cm³/mol. The molecule has 0 radical (unpaired) electrons. The number of nitrogens with zero attached hydrogens (tertiary/aromatic N) is 4. The third-order valence-electron chi connectivity index (χ3n) is 5.59. The molecule has 0 bridgehead atoms. The Kier molecular flexibility index (Phi) is 6.11. The zero-order chi connectivity index (χ0) is 24.6. The van der Waals surface area contributed by atoms with Crippen LogP contribution in [-0.4, -0.2) is 47.1 Å². The van der Waals surface area contributed by atoms with Crippen LogP contribution in [0.2, 0.25) is 0 Å².